The van der Waals surface area contributed by atoms with Crippen LogP contribution in [0.4, 0.5) is 0 Å². The van der Waals surface area contributed by atoms with Crippen LogP contribution >= 0.6 is 0 Å². The van der Waals surface area contributed by atoms with E-state index in [2.05, 4.69) is 0 Å². The van der Waals surface area contributed by atoms with Gasteiger partial charge in [0, 0.05) is 11.9 Å². The molecule has 0 amide bonds. The van der Waals surface area contributed by atoms with Gasteiger partial charge in [-0.05, 0) is 13.8 Å². The van der Waals surface area contributed by atoms with Crippen LogP contribution in [0.3, 0.4) is 0 Å². The van der Waals surface area contributed by atoms with Crippen LogP contribution in [-0.2, 0) is 50.4 Å². The van der Waals surface area contributed by atoms with Crippen LogP contribution in [0.25, 0.3) is 10.6 Å². The van der Waals surface area contributed by atoms with E-state index >= 15 is 0 Å². The molecular formula is C28H50N2O4Pd2. The minimum Gasteiger partial charge on any atom is -0.657 e. The van der Waals surface area contributed by atoms with Crippen molar-refractivity contribution in [2.75, 3.05) is 0 Å². The fraction of sp³-hybridized carbons (Fsp3) is 0.929. The molecule has 4 rings (SSSR count). The van der Waals surface area contributed by atoms with E-state index in [-0.39, 0.29) is 40.8 Å². The Morgan fingerprint density at radius 2 is 0.583 bits per heavy atom. The Hall–Kier alpha value is 0.185. The Morgan fingerprint density at radius 1 is 0.444 bits per heavy atom. The molecule has 0 unspecified atom stereocenters. The summed E-state index contributed by atoms with van der Waals surface area (Å²) >= 11 is 0. The fourth-order valence-electron chi connectivity index (χ4n) is 5.52. The number of hydrogen-bond acceptors (Lipinski definition) is 4. The molecule has 0 aromatic heterocycles. The second-order valence-corrected chi connectivity index (χ2v) is 10.4. The summed E-state index contributed by atoms with van der Waals surface area (Å²) in [5.41, 5.74) is 0. The van der Waals surface area contributed by atoms with Crippen molar-refractivity contribution in [3.63, 3.8) is 0 Å². The molecule has 0 atom stereocenters. The summed E-state index contributed by atoms with van der Waals surface area (Å²) in [7, 11) is 0. The number of rotatable bonds is 4. The van der Waals surface area contributed by atoms with Crippen molar-refractivity contribution in [3.8, 4) is 0 Å². The van der Waals surface area contributed by atoms with E-state index in [1.54, 1.807) is 0 Å². The topological polar surface area (TPSA) is 108 Å². The van der Waals surface area contributed by atoms with Crippen molar-refractivity contribution in [2.24, 2.45) is 0 Å². The van der Waals surface area contributed by atoms with E-state index in [0.717, 1.165) is 38.0 Å². The maximum atomic E-state index is 8.89. The predicted molar refractivity (Wildman–Crippen MR) is 136 cm³/mol. The molecular weight excluding hydrogens is 641 g/mol. The van der Waals surface area contributed by atoms with Crippen LogP contribution in [0.2, 0.25) is 0 Å². The Kier molecular flexibility index (Phi) is 27.1. The minimum atomic E-state index is -1.08. The van der Waals surface area contributed by atoms with Gasteiger partial charge in [-0.3, -0.25) is 0 Å². The molecule has 36 heavy (non-hydrogen) atoms. The number of carbonyl (C=O) groups is 2. The molecule has 4 saturated carbocycles. The van der Waals surface area contributed by atoms with Crippen molar-refractivity contribution in [2.45, 2.75) is 166 Å². The normalized spacial score (nSPS) is 21.4. The molecule has 4 fully saturated rings. The standard InChI is InChI=1S/2C12H22N.2C2H4O2.2Pd/c2*1-3-7-11(8-4-1)13-12-9-5-2-6-10-12;2*1-2(3)4;;/h2*11-12H,1-10H2;2*1H3,(H,3,4);;/q2*-1;;;2*+2/p-2. The van der Waals surface area contributed by atoms with Gasteiger partial charge in [-0.2, -0.15) is 0 Å². The molecule has 4 aliphatic carbocycles. The minimum absolute atomic E-state index is 0. The van der Waals surface area contributed by atoms with Gasteiger partial charge >= 0.3 is 40.8 Å². The molecule has 0 aliphatic heterocycles. The van der Waals surface area contributed by atoms with E-state index in [1.807, 2.05) is 0 Å². The molecule has 0 aromatic rings. The zero-order chi connectivity index (χ0) is 25.0. The van der Waals surface area contributed by atoms with E-state index in [4.69, 9.17) is 30.4 Å². The smallest absolute Gasteiger partial charge is 0.657 e. The molecule has 0 radical (unpaired) electrons. The summed E-state index contributed by atoms with van der Waals surface area (Å²) in [6.45, 7) is 1.94. The molecule has 4 aliphatic rings. The predicted octanol–water partition coefficient (Wildman–Crippen LogP) is 5.56. The Morgan fingerprint density at radius 3 is 0.722 bits per heavy atom. The summed E-state index contributed by atoms with van der Waals surface area (Å²) in [4.78, 5) is 17.8. The van der Waals surface area contributed by atoms with Gasteiger partial charge in [0.05, 0.1) is 0 Å². The van der Waals surface area contributed by atoms with Crippen molar-refractivity contribution in [1.82, 2.24) is 0 Å². The number of nitrogens with zero attached hydrogens (tertiary/aromatic N) is 2. The van der Waals surface area contributed by atoms with E-state index in [9.17, 15) is 0 Å². The van der Waals surface area contributed by atoms with Crippen LogP contribution < -0.4 is 10.2 Å². The zero-order valence-electron chi connectivity index (χ0n) is 22.6. The molecule has 0 aromatic carbocycles. The van der Waals surface area contributed by atoms with Crippen molar-refractivity contribution in [3.05, 3.63) is 10.6 Å². The SMILES string of the molecule is C1CCC([N-]C2CCCCC2)CC1.C1CCC([N-]C2CCCCC2)CC1.CC(=O)[O-].CC(=O)[O-].[Pd+2].[Pd+2]. The summed E-state index contributed by atoms with van der Waals surface area (Å²) < 4.78 is 0. The molecule has 0 heterocycles. The zero-order valence-corrected chi connectivity index (χ0v) is 25.7. The average molecular weight is 692 g/mol. The van der Waals surface area contributed by atoms with Crippen LogP contribution in [0.5, 0.6) is 0 Å². The molecule has 0 bridgehead atoms. The molecule has 0 spiro atoms. The maximum absolute atomic E-state index is 8.89. The maximum Gasteiger partial charge on any atom is 2.00 e. The van der Waals surface area contributed by atoms with Crippen LogP contribution in [0.15, 0.2) is 0 Å². The fourth-order valence-corrected chi connectivity index (χ4v) is 5.52. The van der Waals surface area contributed by atoms with E-state index < -0.39 is 11.9 Å². The Balaban J connectivity index is 0. The molecule has 216 valence electrons. The van der Waals surface area contributed by atoms with Gasteiger partial charge in [0.2, 0.25) is 0 Å². The van der Waals surface area contributed by atoms with Crippen LogP contribution in [0.1, 0.15) is 142 Å². The third-order valence-corrected chi connectivity index (χ3v) is 7.14. The number of hydrogen-bond donors (Lipinski definition) is 0. The van der Waals surface area contributed by atoms with Crippen LogP contribution in [0, 0.1) is 0 Å². The second-order valence-electron chi connectivity index (χ2n) is 10.4. The number of carboxylic acid groups (broad SMARTS) is 2. The van der Waals surface area contributed by atoms with Crippen molar-refractivity contribution in [1.29, 1.82) is 0 Å². The molecule has 6 nitrogen and oxygen atoms in total. The van der Waals surface area contributed by atoms with Gasteiger partial charge in [0.1, 0.15) is 0 Å². The van der Waals surface area contributed by atoms with Gasteiger partial charge in [-0.1, -0.05) is 128 Å². The van der Waals surface area contributed by atoms with Gasteiger partial charge in [0.15, 0.2) is 0 Å². The molecule has 8 heteroatoms. The van der Waals surface area contributed by atoms with E-state index in [0.29, 0.717) is 0 Å². The van der Waals surface area contributed by atoms with Crippen molar-refractivity contribution >= 4 is 11.9 Å². The van der Waals surface area contributed by atoms with Crippen LogP contribution in [-0.4, -0.2) is 36.1 Å². The van der Waals surface area contributed by atoms with Crippen molar-refractivity contribution < 1.29 is 60.6 Å². The summed E-state index contributed by atoms with van der Waals surface area (Å²) in [5.74, 6) is -2.17. The summed E-state index contributed by atoms with van der Waals surface area (Å²) in [6.07, 6.45) is 28.4. The number of carboxylic acids is 2. The first kappa shape index (κ1) is 38.3. The third-order valence-electron chi connectivity index (χ3n) is 7.14. The molecule has 0 N–H and O–H groups in total. The average Bonchev–Trinajstić information content (AvgIpc) is 2.82. The summed E-state index contributed by atoms with van der Waals surface area (Å²) in [5, 5.41) is 27.8. The quantitative estimate of drug-likeness (QED) is 0.360. The van der Waals surface area contributed by atoms with Gasteiger partial charge in [0.25, 0.3) is 0 Å². The third kappa shape index (κ3) is 23.3. The Bertz CT molecular complexity index is 430. The van der Waals surface area contributed by atoms with E-state index in [1.165, 1.54) is 128 Å². The Labute approximate surface area is 248 Å². The second kappa shape index (κ2) is 25.5. The molecule has 0 saturated heterocycles. The van der Waals surface area contributed by atoms with Gasteiger partial charge in [-0.15, -0.1) is 24.2 Å². The van der Waals surface area contributed by atoms with Gasteiger partial charge in [-0.25, -0.2) is 0 Å². The largest absolute Gasteiger partial charge is 2.00 e. The number of carbonyl (C=O) groups excluding carboxylic acids is 2. The first-order valence-corrected chi connectivity index (χ1v) is 14.1. The monoisotopic (exact) mass is 690 g/mol. The number of aliphatic carboxylic acids is 2. The first-order chi connectivity index (χ1) is 16.4. The summed E-state index contributed by atoms with van der Waals surface area (Å²) in [6, 6.07) is 2.99. The first-order valence-electron chi connectivity index (χ1n) is 14.1. The van der Waals surface area contributed by atoms with Gasteiger partial charge < -0.3 is 30.4 Å².